The summed E-state index contributed by atoms with van der Waals surface area (Å²) in [6, 6.07) is 6.71. The molecule has 0 aliphatic carbocycles. The van der Waals surface area contributed by atoms with Crippen LogP contribution in [0.25, 0.3) is 10.2 Å². The van der Waals surface area contributed by atoms with Crippen LogP contribution < -0.4 is 16.5 Å². The number of rotatable bonds is 2. The van der Waals surface area contributed by atoms with Gasteiger partial charge in [0.25, 0.3) is 5.91 Å². The molecule has 0 fully saturated rings. The summed E-state index contributed by atoms with van der Waals surface area (Å²) < 4.78 is 0.878. The van der Waals surface area contributed by atoms with Crippen molar-refractivity contribution in [2.45, 2.75) is 6.92 Å². The molecule has 0 atom stereocenters. The second kappa shape index (κ2) is 5.02. The summed E-state index contributed by atoms with van der Waals surface area (Å²) in [4.78, 5) is 31.0. The number of anilines is 2. The second-order valence-electron chi connectivity index (χ2n) is 4.59. The molecule has 1 amide bonds. The molecule has 0 saturated heterocycles. The third-order valence-electron chi connectivity index (χ3n) is 2.93. The van der Waals surface area contributed by atoms with Gasteiger partial charge in [-0.25, -0.2) is 4.98 Å². The molecule has 0 radical (unpaired) electrons. The van der Waals surface area contributed by atoms with E-state index in [1.54, 1.807) is 25.1 Å². The molecule has 3 aromatic rings. The molecule has 0 aliphatic rings. The van der Waals surface area contributed by atoms with E-state index >= 15 is 0 Å². The number of carbonyl (C=O) groups excluding carboxylic acids is 1. The van der Waals surface area contributed by atoms with E-state index in [-0.39, 0.29) is 11.0 Å². The molecule has 2 aromatic heterocycles. The molecule has 21 heavy (non-hydrogen) atoms. The van der Waals surface area contributed by atoms with Crippen molar-refractivity contribution in [2.75, 3.05) is 11.1 Å². The van der Waals surface area contributed by atoms with Gasteiger partial charge in [-0.3, -0.25) is 14.9 Å². The zero-order chi connectivity index (χ0) is 15.0. The van der Waals surface area contributed by atoms with Gasteiger partial charge in [0.2, 0.25) is 0 Å². The predicted molar refractivity (Wildman–Crippen MR) is 83.8 cm³/mol. The number of fused-ring (bicyclic) bond motifs is 1. The molecule has 7 heteroatoms. The lowest BCUT2D eigenvalue weighted by molar-refractivity contribution is 0.102. The average Bonchev–Trinajstić information content (AvgIpc) is 2.79. The molecular weight excluding hydrogens is 288 g/mol. The molecular formula is C14H12N4O2S. The zero-order valence-electron chi connectivity index (χ0n) is 11.1. The highest BCUT2D eigenvalue weighted by molar-refractivity contribution is 7.22. The van der Waals surface area contributed by atoms with Crippen molar-refractivity contribution < 1.29 is 4.79 Å². The minimum atomic E-state index is -0.483. The maximum absolute atomic E-state index is 12.1. The number of nitrogens with two attached hydrogens (primary N) is 1. The molecule has 0 saturated carbocycles. The van der Waals surface area contributed by atoms with E-state index in [0.717, 1.165) is 10.2 Å². The first kappa shape index (κ1) is 13.3. The number of thiazole rings is 1. The fourth-order valence-corrected chi connectivity index (χ4v) is 2.82. The van der Waals surface area contributed by atoms with Gasteiger partial charge in [0.1, 0.15) is 5.56 Å². The minimum Gasteiger partial charge on any atom is -0.399 e. The summed E-state index contributed by atoms with van der Waals surface area (Å²) in [5.74, 6) is -0.483. The van der Waals surface area contributed by atoms with Crippen molar-refractivity contribution in [2.24, 2.45) is 0 Å². The van der Waals surface area contributed by atoms with Crippen LogP contribution in [-0.4, -0.2) is 15.9 Å². The smallest absolute Gasteiger partial charge is 0.262 e. The van der Waals surface area contributed by atoms with Crippen molar-refractivity contribution in [3.05, 3.63) is 51.9 Å². The number of carbonyl (C=O) groups is 1. The van der Waals surface area contributed by atoms with E-state index in [1.165, 1.54) is 23.6 Å². The fourth-order valence-electron chi connectivity index (χ4n) is 1.91. The standard InChI is InChI=1S/C14H12N4O2S/c1-7-4-11(19)9(6-16-7)13(20)18-14-17-10-3-2-8(15)5-12(10)21-14/h2-6H,15H2,1H3,(H,16,19)(H,17,18,20). The first-order chi connectivity index (χ1) is 10.0. The van der Waals surface area contributed by atoms with Gasteiger partial charge in [-0.2, -0.15) is 0 Å². The Morgan fingerprint density at radius 3 is 2.95 bits per heavy atom. The number of nitrogens with one attached hydrogen (secondary N) is 2. The van der Waals surface area contributed by atoms with E-state index in [0.29, 0.717) is 16.5 Å². The van der Waals surface area contributed by atoms with Crippen molar-refractivity contribution in [1.82, 2.24) is 9.97 Å². The quantitative estimate of drug-likeness (QED) is 0.631. The molecule has 6 nitrogen and oxygen atoms in total. The Morgan fingerprint density at radius 2 is 2.19 bits per heavy atom. The summed E-state index contributed by atoms with van der Waals surface area (Å²) in [6.07, 6.45) is 1.40. The van der Waals surface area contributed by atoms with Crippen LogP contribution >= 0.6 is 11.3 Å². The molecule has 106 valence electrons. The van der Waals surface area contributed by atoms with Crippen LogP contribution in [0.3, 0.4) is 0 Å². The van der Waals surface area contributed by atoms with Crippen LogP contribution in [-0.2, 0) is 0 Å². The highest BCUT2D eigenvalue weighted by atomic mass is 32.1. The first-order valence-electron chi connectivity index (χ1n) is 6.20. The third-order valence-corrected chi connectivity index (χ3v) is 3.87. The number of amides is 1. The normalized spacial score (nSPS) is 10.7. The molecule has 0 spiro atoms. The number of hydrogen-bond acceptors (Lipinski definition) is 5. The number of aryl methyl sites for hydroxylation is 1. The fraction of sp³-hybridized carbons (Fsp3) is 0.0714. The minimum absolute atomic E-state index is 0.0550. The lowest BCUT2D eigenvalue weighted by atomic mass is 10.2. The van der Waals surface area contributed by atoms with Crippen molar-refractivity contribution in [3.8, 4) is 0 Å². The SMILES string of the molecule is Cc1cc(=O)c(C(=O)Nc2nc3ccc(N)cc3s2)c[nH]1. The van der Waals surface area contributed by atoms with E-state index in [4.69, 9.17) is 5.73 Å². The number of aromatic amines is 1. The lowest BCUT2D eigenvalue weighted by Gasteiger charge is -2.01. The number of nitrogens with zero attached hydrogens (tertiary/aromatic N) is 1. The van der Waals surface area contributed by atoms with Crippen LogP contribution in [0.4, 0.5) is 10.8 Å². The number of H-pyrrole nitrogens is 1. The van der Waals surface area contributed by atoms with Gasteiger partial charge in [0, 0.05) is 23.6 Å². The molecule has 0 aliphatic heterocycles. The van der Waals surface area contributed by atoms with Gasteiger partial charge in [0.05, 0.1) is 10.2 Å². The lowest BCUT2D eigenvalue weighted by Crippen LogP contribution is -2.21. The van der Waals surface area contributed by atoms with Crippen LogP contribution in [0, 0.1) is 6.92 Å². The van der Waals surface area contributed by atoms with E-state index in [9.17, 15) is 9.59 Å². The Balaban J connectivity index is 1.90. The van der Waals surface area contributed by atoms with E-state index < -0.39 is 5.91 Å². The van der Waals surface area contributed by atoms with E-state index in [1.807, 2.05) is 0 Å². The van der Waals surface area contributed by atoms with Crippen LogP contribution in [0.5, 0.6) is 0 Å². The molecule has 2 heterocycles. The Bertz CT molecular complexity index is 897. The van der Waals surface area contributed by atoms with Crippen LogP contribution in [0.15, 0.2) is 35.3 Å². The highest BCUT2D eigenvalue weighted by Crippen LogP contribution is 2.27. The van der Waals surface area contributed by atoms with Crippen molar-refractivity contribution >= 4 is 38.3 Å². The van der Waals surface area contributed by atoms with Gasteiger partial charge in [-0.05, 0) is 25.1 Å². The maximum Gasteiger partial charge on any atom is 0.262 e. The van der Waals surface area contributed by atoms with Crippen molar-refractivity contribution in [3.63, 3.8) is 0 Å². The Morgan fingerprint density at radius 1 is 1.38 bits per heavy atom. The van der Waals surface area contributed by atoms with Crippen LogP contribution in [0.2, 0.25) is 0 Å². The number of pyridine rings is 1. The molecule has 4 N–H and O–H groups in total. The monoisotopic (exact) mass is 300 g/mol. The topological polar surface area (TPSA) is 101 Å². The Labute approximate surface area is 123 Å². The zero-order valence-corrected chi connectivity index (χ0v) is 12.0. The van der Waals surface area contributed by atoms with Crippen LogP contribution in [0.1, 0.15) is 16.1 Å². The molecule has 3 rings (SSSR count). The third kappa shape index (κ3) is 2.63. The Hall–Kier alpha value is -2.67. The van der Waals surface area contributed by atoms with Gasteiger partial charge in [-0.1, -0.05) is 11.3 Å². The second-order valence-corrected chi connectivity index (χ2v) is 5.62. The van der Waals surface area contributed by atoms with Crippen molar-refractivity contribution in [1.29, 1.82) is 0 Å². The summed E-state index contributed by atoms with van der Waals surface area (Å²) in [5.41, 5.74) is 7.53. The Kier molecular flexibility index (Phi) is 3.19. The van der Waals surface area contributed by atoms with Gasteiger partial charge < -0.3 is 10.7 Å². The number of benzene rings is 1. The highest BCUT2D eigenvalue weighted by Gasteiger charge is 2.13. The predicted octanol–water partition coefficient (Wildman–Crippen LogP) is 2.13. The maximum atomic E-state index is 12.1. The summed E-state index contributed by atoms with van der Waals surface area (Å²) in [7, 11) is 0. The number of hydrogen-bond donors (Lipinski definition) is 3. The van der Waals surface area contributed by atoms with E-state index in [2.05, 4.69) is 15.3 Å². The van der Waals surface area contributed by atoms with Gasteiger partial charge in [-0.15, -0.1) is 0 Å². The molecule has 0 unspecified atom stereocenters. The summed E-state index contributed by atoms with van der Waals surface area (Å²) >= 11 is 1.31. The van der Waals surface area contributed by atoms with Gasteiger partial charge >= 0.3 is 0 Å². The largest absolute Gasteiger partial charge is 0.399 e. The molecule has 1 aromatic carbocycles. The first-order valence-corrected chi connectivity index (χ1v) is 7.01. The summed E-state index contributed by atoms with van der Waals surface area (Å²) in [6.45, 7) is 1.75. The number of nitrogen functional groups attached to an aromatic ring is 1. The summed E-state index contributed by atoms with van der Waals surface area (Å²) in [5, 5.41) is 3.07. The average molecular weight is 300 g/mol. The number of aromatic nitrogens is 2. The molecule has 0 bridgehead atoms. The van der Waals surface area contributed by atoms with Gasteiger partial charge in [0.15, 0.2) is 10.6 Å².